The number of rotatable bonds is 4. The van der Waals surface area contributed by atoms with Crippen molar-refractivity contribution in [1.29, 1.82) is 0 Å². The van der Waals surface area contributed by atoms with Crippen LogP contribution in [0.4, 0.5) is 19.0 Å². The number of nitrogens with one attached hydrogen (secondary N) is 1. The minimum Gasteiger partial charge on any atom is -0.308 e. The van der Waals surface area contributed by atoms with Crippen molar-refractivity contribution in [2.45, 2.75) is 12.7 Å². The number of aromatic nitrogens is 4. The zero-order valence-electron chi connectivity index (χ0n) is 13.2. The summed E-state index contributed by atoms with van der Waals surface area (Å²) < 4.78 is 43.3. The molecule has 0 bridgehead atoms. The Bertz CT molecular complexity index is 1030. The van der Waals surface area contributed by atoms with Crippen molar-refractivity contribution in [1.82, 2.24) is 19.7 Å². The van der Waals surface area contributed by atoms with Crippen molar-refractivity contribution in [3.05, 3.63) is 57.8 Å². The fourth-order valence-electron chi connectivity index (χ4n) is 2.09. The summed E-state index contributed by atoms with van der Waals surface area (Å²) in [6, 6.07) is 5.49. The van der Waals surface area contributed by atoms with E-state index in [-0.39, 0.29) is 11.6 Å². The second kappa shape index (κ2) is 7.19. The van der Waals surface area contributed by atoms with Crippen LogP contribution in [0.2, 0.25) is 5.02 Å². The molecule has 0 spiro atoms. The molecule has 0 saturated heterocycles. The van der Waals surface area contributed by atoms with Gasteiger partial charge in [-0.15, -0.1) is 0 Å². The van der Waals surface area contributed by atoms with E-state index < -0.39 is 35.0 Å². The Labute approximate surface area is 153 Å². The Kier molecular flexibility index (Phi) is 4.95. The molecule has 0 fully saturated rings. The molecule has 3 aromatic heterocycles. The fraction of sp³-hybridized carbons (Fsp3) is 0.133. The SMILES string of the molecule is O=C(Cn1c(-c2ccccn2)noc1=O)Nc1ncc(C(F)(F)F)cc1Cl. The average Bonchev–Trinajstić information content (AvgIpc) is 2.97. The summed E-state index contributed by atoms with van der Waals surface area (Å²) in [6.07, 6.45) is -2.62. The molecule has 0 unspecified atom stereocenters. The summed E-state index contributed by atoms with van der Waals surface area (Å²) in [7, 11) is 0. The van der Waals surface area contributed by atoms with Crippen LogP contribution in [0, 0.1) is 0 Å². The monoisotopic (exact) mass is 399 g/mol. The zero-order valence-corrected chi connectivity index (χ0v) is 14.0. The highest BCUT2D eigenvalue weighted by Crippen LogP contribution is 2.32. The zero-order chi connectivity index (χ0) is 19.6. The van der Waals surface area contributed by atoms with Gasteiger partial charge in [0.25, 0.3) is 0 Å². The first-order valence-corrected chi connectivity index (χ1v) is 7.64. The highest BCUT2D eigenvalue weighted by molar-refractivity contribution is 6.33. The van der Waals surface area contributed by atoms with Crippen molar-refractivity contribution in [3.63, 3.8) is 0 Å². The number of anilines is 1. The van der Waals surface area contributed by atoms with Crippen LogP contribution in [-0.2, 0) is 17.5 Å². The van der Waals surface area contributed by atoms with Gasteiger partial charge in [-0.3, -0.25) is 14.3 Å². The number of amides is 1. The molecule has 140 valence electrons. The van der Waals surface area contributed by atoms with Crippen LogP contribution in [0.25, 0.3) is 11.5 Å². The molecule has 3 aromatic rings. The van der Waals surface area contributed by atoms with Gasteiger partial charge < -0.3 is 5.32 Å². The van der Waals surface area contributed by atoms with E-state index in [1.54, 1.807) is 18.2 Å². The Morgan fingerprint density at radius 3 is 2.70 bits per heavy atom. The van der Waals surface area contributed by atoms with Crippen LogP contribution in [0.15, 0.2) is 46.0 Å². The van der Waals surface area contributed by atoms with Gasteiger partial charge in [0, 0.05) is 12.4 Å². The predicted octanol–water partition coefficient (Wildman–Crippen LogP) is 2.60. The molecular formula is C15H9ClF3N5O3. The molecule has 3 heterocycles. The molecule has 0 aromatic carbocycles. The fourth-order valence-corrected chi connectivity index (χ4v) is 2.30. The number of carbonyl (C=O) groups excluding carboxylic acids is 1. The van der Waals surface area contributed by atoms with E-state index >= 15 is 0 Å². The lowest BCUT2D eigenvalue weighted by molar-refractivity contribution is -0.137. The van der Waals surface area contributed by atoms with Crippen molar-refractivity contribution in [2.75, 3.05) is 5.32 Å². The summed E-state index contributed by atoms with van der Waals surface area (Å²) in [6.45, 7) is -0.534. The molecule has 0 radical (unpaired) electrons. The second-order valence-electron chi connectivity index (χ2n) is 5.17. The van der Waals surface area contributed by atoms with Gasteiger partial charge in [0.2, 0.25) is 11.7 Å². The van der Waals surface area contributed by atoms with Gasteiger partial charge in [-0.25, -0.2) is 14.3 Å². The number of hydrogen-bond donors (Lipinski definition) is 1. The third-order valence-electron chi connectivity index (χ3n) is 3.31. The minimum atomic E-state index is -4.62. The molecule has 1 amide bonds. The van der Waals surface area contributed by atoms with Crippen LogP contribution in [0.1, 0.15) is 5.56 Å². The lowest BCUT2D eigenvalue weighted by atomic mass is 10.3. The Morgan fingerprint density at radius 1 is 1.30 bits per heavy atom. The molecule has 8 nitrogen and oxygen atoms in total. The summed E-state index contributed by atoms with van der Waals surface area (Å²) in [5.41, 5.74) is -0.764. The van der Waals surface area contributed by atoms with E-state index in [1.807, 2.05) is 0 Å². The molecule has 27 heavy (non-hydrogen) atoms. The van der Waals surface area contributed by atoms with Gasteiger partial charge in [-0.1, -0.05) is 22.8 Å². The number of pyridine rings is 2. The van der Waals surface area contributed by atoms with E-state index in [1.165, 1.54) is 6.20 Å². The van der Waals surface area contributed by atoms with Crippen LogP contribution < -0.4 is 11.1 Å². The topological polar surface area (TPSA) is 103 Å². The maximum absolute atomic E-state index is 12.6. The van der Waals surface area contributed by atoms with E-state index in [0.717, 1.165) is 4.57 Å². The summed E-state index contributed by atoms with van der Waals surface area (Å²) >= 11 is 5.73. The normalized spacial score (nSPS) is 11.4. The maximum Gasteiger partial charge on any atom is 0.442 e. The van der Waals surface area contributed by atoms with Crippen molar-refractivity contribution < 1.29 is 22.5 Å². The molecule has 0 aliphatic heterocycles. The van der Waals surface area contributed by atoms with Crippen LogP contribution >= 0.6 is 11.6 Å². The van der Waals surface area contributed by atoms with Crippen LogP contribution in [0.3, 0.4) is 0 Å². The van der Waals surface area contributed by atoms with Crippen LogP contribution in [-0.4, -0.2) is 25.6 Å². The Balaban J connectivity index is 1.80. The largest absolute Gasteiger partial charge is 0.442 e. The summed E-state index contributed by atoms with van der Waals surface area (Å²) in [5, 5.41) is 5.40. The Hall–Kier alpha value is -3.21. The molecular weight excluding hydrogens is 391 g/mol. The number of carbonyl (C=O) groups is 1. The lowest BCUT2D eigenvalue weighted by Crippen LogP contribution is -2.26. The summed E-state index contributed by atoms with van der Waals surface area (Å²) in [5.74, 6) is -1.94. The molecule has 3 rings (SSSR count). The van der Waals surface area contributed by atoms with Crippen molar-refractivity contribution in [3.8, 4) is 11.5 Å². The predicted molar refractivity (Wildman–Crippen MR) is 86.9 cm³/mol. The van der Waals surface area contributed by atoms with E-state index in [2.05, 4.69) is 25.0 Å². The van der Waals surface area contributed by atoms with Gasteiger partial charge in [-0.2, -0.15) is 13.2 Å². The number of halogens is 4. The number of alkyl halides is 3. The molecule has 0 aliphatic carbocycles. The smallest absolute Gasteiger partial charge is 0.308 e. The molecule has 12 heteroatoms. The minimum absolute atomic E-state index is 0.0159. The first-order valence-electron chi connectivity index (χ1n) is 7.26. The maximum atomic E-state index is 12.6. The molecule has 0 atom stereocenters. The van der Waals surface area contributed by atoms with Crippen molar-refractivity contribution >= 4 is 23.3 Å². The molecule has 1 N–H and O–H groups in total. The number of nitrogens with zero attached hydrogens (tertiary/aromatic N) is 4. The van der Waals surface area contributed by atoms with Crippen LogP contribution in [0.5, 0.6) is 0 Å². The van der Waals surface area contributed by atoms with E-state index in [0.29, 0.717) is 18.0 Å². The van der Waals surface area contributed by atoms with Crippen molar-refractivity contribution in [2.24, 2.45) is 0 Å². The van der Waals surface area contributed by atoms with E-state index in [4.69, 9.17) is 11.6 Å². The van der Waals surface area contributed by atoms with Gasteiger partial charge in [0.15, 0.2) is 5.82 Å². The quantitative estimate of drug-likeness (QED) is 0.723. The second-order valence-corrected chi connectivity index (χ2v) is 5.58. The first-order chi connectivity index (χ1) is 12.8. The van der Waals surface area contributed by atoms with Gasteiger partial charge in [0.05, 0.1) is 10.6 Å². The standard InChI is InChI=1S/C15H9ClF3N5O3/c16-9-5-8(15(17,18)19)6-21-12(9)22-11(25)7-24-13(23-27-14(24)26)10-3-1-2-4-20-10/h1-6H,7H2,(H,21,22,25). The number of hydrogen-bond acceptors (Lipinski definition) is 6. The van der Waals surface area contributed by atoms with E-state index in [9.17, 15) is 22.8 Å². The molecule has 0 aliphatic rings. The Morgan fingerprint density at radius 2 is 2.07 bits per heavy atom. The highest BCUT2D eigenvalue weighted by atomic mass is 35.5. The average molecular weight is 400 g/mol. The third-order valence-corrected chi connectivity index (χ3v) is 3.60. The molecule has 0 saturated carbocycles. The highest BCUT2D eigenvalue weighted by Gasteiger charge is 2.31. The van der Waals surface area contributed by atoms with Gasteiger partial charge in [-0.05, 0) is 18.2 Å². The van der Waals surface area contributed by atoms with Gasteiger partial charge in [0.1, 0.15) is 12.2 Å². The van der Waals surface area contributed by atoms with Gasteiger partial charge >= 0.3 is 11.9 Å². The third kappa shape index (κ3) is 4.14. The lowest BCUT2D eigenvalue weighted by Gasteiger charge is -2.10. The first kappa shape index (κ1) is 18.6. The summed E-state index contributed by atoms with van der Waals surface area (Å²) in [4.78, 5) is 31.5.